The number of fused-ring (bicyclic) bond motifs is 1. The van der Waals surface area contributed by atoms with Crippen molar-refractivity contribution < 1.29 is 27.5 Å². The van der Waals surface area contributed by atoms with Crippen LogP contribution in [-0.2, 0) is 26.2 Å². The van der Waals surface area contributed by atoms with Gasteiger partial charge in [-0.1, -0.05) is 49.6 Å². The minimum absolute atomic E-state index is 0.109. The van der Waals surface area contributed by atoms with Gasteiger partial charge in [0, 0.05) is 18.7 Å². The van der Waals surface area contributed by atoms with Crippen molar-refractivity contribution in [2.24, 2.45) is 0 Å². The van der Waals surface area contributed by atoms with E-state index in [1.54, 1.807) is 18.2 Å². The molecule has 38 heavy (non-hydrogen) atoms. The van der Waals surface area contributed by atoms with Crippen LogP contribution in [0.15, 0.2) is 42.5 Å². The van der Waals surface area contributed by atoms with Crippen molar-refractivity contribution in [3.63, 3.8) is 0 Å². The maximum absolute atomic E-state index is 13.9. The third-order valence-electron chi connectivity index (χ3n) is 7.02. The van der Waals surface area contributed by atoms with E-state index in [1.807, 2.05) is 38.1 Å². The van der Waals surface area contributed by atoms with E-state index in [9.17, 15) is 18.0 Å². The smallest absolute Gasteiger partial charge is 0.244 e. The molecular weight excluding hydrogens is 506 g/mol. The number of nitrogens with one attached hydrogen (secondary N) is 1. The van der Waals surface area contributed by atoms with Crippen LogP contribution in [0.1, 0.15) is 50.2 Å². The number of hydrogen-bond acceptors (Lipinski definition) is 6. The number of carbonyl (C=O) groups is 2. The first-order chi connectivity index (χ1) is 18.2. The average molecular weight is 544 g/mol. The zero-order valence-electron chi connectivity index (χ0n) is 22.3. The molecule has 1 aliphatic carbocycles. The molecule has 0 unspecified atom stereocenters. The van der Waals surface area contributed by atoms with Crippen molar-refractivity contribution in [1.82, 2.24) is 10.2 Å². The SMILES string of the molecule is CC[C@H](C(=O)NC1CCCC1)N(Cc1cccc(C)c1)C(=O)CN(c1ccc2c(c1)OCCO2)S(C)(=O)=O. The molecule has 206 valence electrons. The van der Waals surface area contributed by atoms with E-state index in [4.69, 9.17) is 9.47 Å². The molecule has 1 saturated carbocycles. The summed E-state index contributed by atoms with van der Waals surface area (Å²) in [6.07, 6.45) is 5.48. The maximum Gasteiger partial charge on any atom is 0.244 e. The second kappa shape index (κ2) is 12.1. The van der Waals surface area contributed by atoms with Gasteiger partial charge < -0.3 is 19.7 Å². The minimum atomic E-state index is -3.84. The second-order valence-corrected chi connectivity index (χ2v) is 11.9. The molecule has 0 saturated heterocycles. The third kappa shape index (κ3) is 6.78. The molecule has 0 bridgehead atoms. The van der Waals surface area contributed by atoms with Crippen LogP contribution >= 0.6 is 0 Å². The van der Waals surface area contributed by atoms with Gasteiger partial charge in [-0.3, -0.25) is 13.9 Å². The van der Waals surface area contributed by atoms with Gasteiger partial charge in [0.25, 0.3) is 0 Å². The third-order valence-corrected chi connectivity index (χ3v) is 8.16. The Hall–Kier alpha value is -3.27. The van der Waals surface area contributed by atoms with Gasteiger partial charge in [0.15, 0.2) is 11.5 Å². The second-order valence-electron chi connectivity index (χ2n) is 10.0. The summed E-state index contributed by atoms with van der Waals surface area (Å²) in [5.74, 6) is 0.287. The lowest BCUT2D eigenvalue weighted by Crippen LogP contribution is -2.53. The fourth-order valence-corrected chi connectivity index (χ4v) is 5.94. The van der Waals surface area contributed by atoms with E-state index in [1.165, 1.54) is 4.90 Å². The van der Waals surface area contributed by atoms with Gasteiger partial charge in [-0.15, -0.1) is 0 Å². The van der Waals surface area contributed by atoms with Crippen molar-refractivity contribution >= 4 is 27.5 Å². The number of sulfonamides is 1. The van der Waals surface area contributed by atoms with Gasteiger partial charge in [0.1, 0.15) is 25.8 Å². The van der Waals surface area contributed by atoms with E-state index < -0.39 is 28.5 Å². The van der Waals surface area contributed by atoms with Crippen LogP contribution in [0.4, 0.5) is 5.69 Å². The number of rotatable bonds is 10. The van der Waals surface area contributed by atoms with E-state index in [-0.39, 0.29) is 18.5 Å². The lowest BCUT2D eigenvalue weighted by Gasteiger charge is -2.33. The number of amides is 2. The minimum Gasteiger partial charge on any atom is -0.486 e. The number of carbonyl (C=O) groups excluding carboxylic acids is 2. The number of anilines is 1. The Morgan fingerprint density at radius 2 is 1.76 bits per heavy atom. The zero-order chi connectivity index (χ0) is 27.3. The molecule has 1 N–H and O–H groups in total. The molecule has 1 atom stereocenters. The number of hydrogen-bond donors (Lipinski definition) is 1. The maximum atomic E-state index is 13.9. The van der Waals surface area contributed by atoms with Crippen LogP contribution in [0.3, 0.4) is 0 Å². The largest absolute Gasteiger partial charge is 0.486 e. The molecule has 10 heteroatoms. The highest BCUT2D eigenvalue weighted by atomic mass is 32.2. The molecule has 1 heterocycles. The highest BCUT2D eigenvalue weighted by molar-refractivity contribution is 7.92. The average Bonchev–Trinajstić information content (AvgIpc) is 3.39. The molecule has 1 aliphatic heterocycles. The van der Waals surface area contributed by atoms with Crippen molar-refractivity contribution in [2.75, 3.05) is 30.3 Å². The highest BCUT2D eigenvalue weighted by Gasteiger charge is 2.33. The Bertz CT molecular complexity index is 1260. The van der Waals surface area contributed by atoms with E-state index >= 15 is 0 Å². The van der Waals surface area contributed by atoms with E-state index in [0.29, 0.717) is 36.8 Å². The summed E-state index contributed by atoms with van der Waals surface area (Å²) in [5.41, 5.74) is 2.20. The first-order valence-electron chi connectivity index (χ1n) is 13.2. The van der Waals surface area contributed by atoms with Gasteiger partial charge in [0.05, 0.1) is 11.9 Å². The zero-order valence-corrected chi connectivity index (χ0v) is 23.1. The number of aryl methyl sites for hydroxylation is 1. The van der Waals surface area contributed by atoms with Crippen LogP contribution in [0.25, 0.3) is 0 Å². The molecule has 0 spiro atoms. The van der Waals surface area contributed by atoms with Gasteiger partial charge in [-0.2, -0.15) is 0 Å². The van der Waals surface area contributed by atoms with Crippen LogP contribution in [0.5, 0.6) is 11.5 Å². The van der Waals surface area contributed by atoms with Crippen LogP contribution in [0, 0.1) is 6.92 Å². The molecule has 9 nitrogen and oxygen atoms in total. The van der Waals surface area contributed by atoms with Gasteiger partial charge in [-0.05, 0) is 43.9 Å². The lowest BCUT2D eigenvalue weighted by molar-refractivity contribution is -0.140. The van der Waals surface area contributed by atoms with Gasteiger partial charge in [0.2, 0.25) is 21.8 Å². The fraction of sp³-hybridized carbons (Fsp3) is 0.500. The molecule has 2 aromatic carbocycles. The normalized spacial score (nSPS) is 16.1. The van der Waals surface area contributed by atoms with Gasteiger partial charge in [-0.25, -0.2) is 8.42 Å². The van der Waals surface area contributed by atoms with E-state index in [0.717, 1.165) is 47.4 Å². The Balaban J connectivity index is 1.63. The Morgan fingerprint density at radius 3 is 2.42 bits per heavy atom. The van der Waals surface area contributed by atoms with Crippen LogP contribution in [-0.4, -0.2) is 63.2 Å². The molecule has 2 aromatic rings. The molecule has 1 fully saturated rings. The predicted molar refractivity (Wildman–Crippen MR) is 146 cm³/mol. The van der Waals surface area contributed by atoms with Crippen molar-refractivity contribution in [2.45, 2.75) is 64.6 Å². The highest BCUT2D eigenvalue weighted by Crippen LogP contribution is 2.34. The Morgan fingerprint density at radius 1 is 1.05 bits per heavy atom. The molecule has 2 amide bonds. The standard InChI is InChI=1S/C28H37N3O6S/c1-4-24(28(33)29-22-10-5-6-11-22)30(18-21-9-7-8-20(2)16-21)27(32)19-31(38(3,34)35)23-12-13-25-26(17-23)37-15-14-36-25/h7-9,12-13,16-17,22,24H,4-6,10-11,14-15,18-19H2,1-3H3,(H,29,33)/t24-/m1/s1. The topological polar surface area (TPSA) is 105 Å². The summed E-state index contributed by atoms with van der Waals surface area (Å²) in [5, 5.41) is 3.12. The molecular formula is C28H37N3O6S. The monoisotopic (exact) mass is 543 g/mol. The number of benzene rings is 2. The Labute approximate surface area is 225 Å². The van der Waals surface area contributed by atoms with E-state index in [2.05, 4.69) is 5.32 Å². The molecule has 4 rings (SSSR count). The summed E-state index contributed by atoms with van der Waals surface area (Å²) < 4.78 is 38.0. The first-order valence-corrected chi connectivity index (χ1v) is 15.0. The lowest BCUT2D eigenvalue weighted by atomic mass is 10.1. The van der Waals surface area contributed by atoms with Crippen molar-refractivity contribution in [3.8, 4) is 11.5 Å². The number of ether oxygens (including phenoxy) is 2. The summed E-state index contributed by atoms with van der Waals surface area (Å²) in [4.78, 5) is 28.8. The summed E-state index contributed by atoms with van der Waals surface area (Å²) in [7, 11) is -3.84. The van der Waals surface area contributed by atoms with Gasteiger partial charge >= 0.3 is 0 Å². The molecule has 0 radical (unpaired) electrons. The predicted octanol–water partition coefficient (Wildman–Crippen LogP) is 3.40. The number of nitrogens with zero attached hydrogens (tertiary/aromatic N) is 2. The molecule has 2 aliphatic rings. The summed E-state index contributed by atoms with van der Waals surface area (Å²) in [6.45, 7) is 4.34. The van der Waals surface area contributed by atoms with Crippen molar-refractivity contribution in [1.29, 1.82) is 0 Å². The van der Waals surface area contributed by atoms with Crippen molar-refractivity contribution in [3.05, 3.63) is 53.6 Å². The Kier molecular flexibility index (Phi) is 8.81. The van der Waals surface area contributed by atoms with Crippen LogP contribution in [0.2, 0.25) is 0 Å². The summed E-state index contributed by atoms with van der Waals surface area (Å²) >= 11 is 0. The van der Waals surface area contributed by atoms with Crippen LogP contribution < -0.4 is 19.1 Å². The summed E-state index contributed by atoms with van der Waals surface area (Å²) in [6, 6.07) is 11.9. The molecule has 0 aromatic heterocycles. The quantitative estimate of drug-likeness (QED) is 0.493. The fourth-order valence-electron chi connectivity index (χ4n) is 5.10. The first kappa shape index (κ1) is 27.8.